The highest BCUT2D eigenvalue weighted by Crippen LogP contribution is 2.44. The minimum absolute atomic E-state index is 0.0914. The molecule has 2 aliphatic rings. The predicted molar refractivity (Wildman–Crippen MR) is 134 cm³/mol. The summed E-state index contributed by atoms with van der Waals surface area (Å²) in [6, 6.07) is 13.6. The quantitative estimate of drug-likeness (QED) is 0.401. The molecule has 35 heavy (non-hydrogen) atoms. The fourth-order valence-corrected chi connectivity index (χ4v) is 6.15. The maximum absolute atomic E-state index is 13.4. The normalized spacial score (nSPS) is 21.4. The van der Waals surface area contributed by atoms with Gasteiger partial charge in [0.2, 0.25) is 0 Å². The number of aromatic nitrogens is 2. The number of aryl methyl sites for hydroxylation is 1. The van der Waals surface area contributed by atoms with Gasteiger partial charge in [0.15, 0.2) is 5.11 Å². The molecule has 5 rings (SSSR count). The average Bonchev–Trinajstić information content (AvgIpc) is 3.34. The number of thiocarbonyl (C=S) groups is 1. The number of benzene rings is 1. The minimum Gasteiger partial charge on any atom is -0.352 e. The van der Waals surface area contributed by atoms with Crippen molar-refractivity contribution >= 4 is 17.3 Å². The van der Waals surface area contributed by atoms with Crippen molar-refractivity contribution in [3.8, 4) is 5.69 Å². The molecule has 2 atom stereocenters. The summed E-state index contributed by atoms with van der Waals surface area (Å²) in [5, 5.41) is 4.25. The van der Waals surface area contributed by atoms with E-state index in [0.29, 0.717) is 11.7 Å². The second-order valence-electron chi connectivity index (χ2n) is 9.54. The van der Waals surface area contributed by atoms with Gasteiger partial charge in [0.25, 0.3) is 0 Å². The van der Waals surface area contributed by atoms with E-state index >= 15 is 0 Å². The zero-order valence-electron chi connectivity index (χ0n) is 19.8. The van der Waals surface area contributed by atoms with Gasteiger partial charge < -0.3 is 14.8 Å². The molecule has 3 aromatic rings. The van der Waals surface area contributed by atoms with E-state index in [2.05, 4.69) is 21.3 Å². The number of halogens is 3. The van der Waals surface area contributed by atoms with E-state index in [1.165, 1.54) is 31.4 Å². The third-order valence-electron chi connectivity index (χ3n) is 7.32. The molecule has 4 nitrogen and oxygen atoms in total. The van der Waals surface area contributed by atoms with E-state index in [0.717, 1.165) is 46.7 Å². The number of hydrogen-bond donors (Lipinski definition) is 1. The molecule has 2 fully saturated rings. The van der Waals surface area contributed by atoms with Gasteiger partial charge in [0.05, 0.1) is 23.3 Å². The molecular formula is C27H29F3N4S. The highest BCUT2D eigenvalue weighted by molar-refractivity contribution is 7.80. The first-order valence-electron chi connectivity index (χ1n) is 12.1. The van der Waals surface area contributed by atoms with Gasteiger partial charge >= 0.3 is 6.18 Å². The van der Waals surface area contributed by atoms with Crippen molar-refractivity contribution in [2.24, 2.45) is 0 Å². The number of nitrogens with zero attached hydrogens (tertiary/aromatic N) is 3. The molecule has 1 N–H and O–H groups in total. The highest BCUT2D eigenvalue weighted by atomic mass is 32.1. The van der Waals surface area contributed by atoms with Crippen molar-refractivity contribution in [1.29, 1.82) is 0 Å². The second-order valence-corrected chi connectivity index (χ2v) is 9.92. The molecule has 2 aromatic heterocycles. The van der Waals surface area contributed by atoms with Crippen LogP contribution in [0.5, 0.6) is 0 Å². The van der Waals surface area contributed by atoms with Crippen LogP contribution < -0.4 is 5.32 Å². The van der Waals surface area contributed by atoms with Crippen molar-refractivity contribution in [3.63, 3.8) is 0 Å². The van der Waals surface area contributed by atoms with Crippen LogP contribution in [0.4, 0.5) is 13.2 Å². The van der Waals surface area contributed by atoms with E-state index < -0.39 is 11.7 Å². The van der Waals surface area contributed by atoms with Crippen LogP contribution in [0.15, 0.2) is 54.7 Å². The molecule has 8 heteroatoms. The summed E-state index contributed by atoms with van der Waals surface area (Å²) in [6.07, 6.45) is 3.15. The third kappa shape index (κ3) is 4.44. The Morgan fingerprint density at radius 3 is 2.46 bits per heavy atom. The van der Waals surface area contributed by atoms with Gasteiger partial charge in [-0.15, -0.1) is 0 Å². The van der Waals surface area contributed by atoms with E-state index in [-0.39, 0.29) is 12.1 Å². The zero-order chi connectivity index (χ0) is 24.7. The smallest absolute Gasteiger partial charge is 0.352 e. The minimum atomic E-state index is -4.39. The number of pyridine rings is 1. The lowest BCUT2D eigenvalue weighted by Crippen LogP contribution is -2.40. The van der Waals surface area contributed by atoms with Crippen LogP contribution in [0, 0.1) is 13.8 Å². The molecule has 0 unspecified atom stereocenters. The largest absolute Gasteiger partial charge is 0.416 e. The highest BCUT2D eigenvalue weighted by Gasteiger charge is 2.44. The van der Waals surface area contributed by atoms with Gasteiger partial charge in [-0.25, -0.2) is 0 Å². The van der Waals surface area contributed by atoms with Gasteiger partial charge in [0, 0.05) is 29.3 Å². The number of rotatable bonds is 4. The molecule has 0 amide bonds. The molecule has 0 bridgehead atoms. The summed E-state index contributed by atoms with van der Waals surface area (Å²) in [4.78, 5) is 6.96. The SMILES string of the molecule is Cc1cc([C@@H]2[C@@H](c3ccccn3)NC(=S)N2C2CCCCC2)c(C)n1-c1cccc(C(F)(F)F)c1. The Hall–Kier alpha value is -2.87. The maximum atomic E-state index is 13.4. The van der Waals surface area contributed by atoms with Crippen molar-refractivity contribution in [2.75, 3.05) is 0 Å². The van der Waals surface area contributed by atoms with E-state index in [4.69, 9.17) is 12.2 Å². The van der Waals surface area contributed by atoms with E-state index in [1.54, 1.807) is 12.3 Å². The van der Waals surface area contributed by atoms with Crippen LogP contribution in [0.1, 0.15) is 72.4 Å². The lowest BCUT2D eigenvalue weighted by molar-refractivity contribution is -0.137. The number of hydrogen-bond acceptors (Lipinski definition) is 2. The zero-order valence-corrected chi connectivity index (χ0v) is 20.7. The Kier molecular flexibility index (Phi) is 6.34. The fourth-order valence-electron chi connectivity index (χ4n) is 5.76. The van der Waals surface area contributed by atoms with Crippen molar-refractivity contribution in [2.45, 2.75) is 70.3 Å². The Bertz CT molecular complexity index is 1210. The summed E-state index contributed by atoms with van der Waals surface area (Å²) in [5.74, 6) is 0. The molecule has 1 aromatic carbocycles. The average molecular weight is 499 g/mol. The third-order valence-corrected chi connectivity index (χ3v) is 7.65. The van der Waals surface area contributed by atoms with Crippen LogP contribution >= 0.6 is 12.2 Å². The van der Waals surface area contributed by atoms with Crippen LogP contribution in [0.25, 0.3) is 5.69 Å². The number of nitrogens with one attached hydrogen (secondary N) is 1. The summed E-state index contributed by atoms with van der Waals surface area (Å²) in [6.45, 7) is 3.93. The van der Waals surface area contributed by atoms with Crippen molar-refractivity contribution < 1.29 is 13.2 Å². The summed E-state index contributed by atoms with van der Waals surface area (Å²) < 4.78 is 42.2. The topological polar surface area (TPSA) is 33.1 Å². The second kappa shape index (κ2) is 9.30. The van der Waals surface area contributed by atoms with Crippen molar-refractivity contribution in [3.05, 3.63) is 82.9 Å². The molecule has 1 saturated heterocycles. The Morgan fingerprint density at radius 2 is 1.77 bits per heavy atom. The van der Waals surface area contributed by atoms with E-state index in [9.17, 15) is 13.2 Å². The lowest BCUT2D eigenvalue weighted by atomic mass is 9.90. The number of alkyl halides is 3. The predicted octanol–water partition coefficient (Wildman–Crippen LogP) is 6.81. The van der Waals surface area contributed by atoms with Crippen LogP contribution in [-0.2, 0) is 6.18 Å². The van der Waals surface area contributed by atoms with Crippen molar-refractivity contribution in [1.82, 2.24) is 19.8 Å². The standard InChI is InChI=1S/C27H29F3N4S/c1-17-15-22(18(2)33(17)21-12-8-9-19(16-21)27(28,29)30)25-24(23-13-6-7-14-31-23)32-26(35)34(25)20-10-4-3-5-11-20/h6-9,12-16,20,24-25H,3-5,10-11H2,1-2H3,(H,32,35)/t24-,25-/m1/s1. The molecule has 1 aliphatic carbocycles. The molecule has 3 heterocycles. The van der Waals surface area contributed by atoms with Gasteiger partial charge in [0.1, 0.15) is 0 Å². The molecule has 184 valence electrons. The van der Waals surface area contributed by atoms with Crippen LogP contribution in [0.3, 0.4) is 0 Å². The Labute approximate surface area is 209 Å². The summed E-state index contributed by atoms with van der Waals surface area (Å²) >= 11 is 5.87. The first kappa shape index (κ1) is 23.9. The first-order chi connectivity index (χ1) is 16.8. The summed E-state index contributed by atoms with van der Waals surface area (Å²) in [7, 11) is 0. The molecule has 0 radical (unpaired) electrons. The molecule has 1 aliphatic heterocycles. The van der Waals surface area contributed by atoms with Gasteiger partial charge in [-0.1, -0.05) is 31.4 Å². The van der Waals surface area contributed by atoms with E-state index in [1.807, 2.05) is 36.6 Å². The van der Waals surface area contributed by atoms with Crippen LogP contribution in [-0.4, -0.2) is 25.6 Å². The molecule has 1 saturated carbocycles. The summed E-state index contributed by atoms with van der Waals surface area (Å²) in [5.41, 5.74) is 3.63. The van der Waals surface area contributed by atoms with Gasteiger partial charge in [-0.3, -0.25) is 4.98 Å². The Balaban J connectivity index is 1.62. The molecular weight excluding hydrogens is 469 g/mol. The first-order valence-corrected chi connectivity index (χ1v) is 12.5. The monoisotopic (exact) mass is 498 g/mol. The van der Waals surface area contributed by atoms with Gasteiger partial charge in [-0.05, 0) is 80.9 Å². The fraction of sp³-hybridized carbons (Fsp3) is 0.407. The lowest BCUT2D eigenvalue weighted by Gasteiger charge is -2.37. The maximum Gasteiger partial charge on any atom is 0.416 e. The van der Waals surface area contributed by atoms with Crippen LogP contribution in [0.2, 0.25) is 0 Å². The van der Waals surface area contributed by atoms with Gasteiger partial charge in [-0.2, -0.15) is 13.2 Å². The Morgan fingerprint density at radius 1 is 1.00 bits per heavy atom. The molecule has 0 spiro atoms.